The molecule has 2 rings (SSSR count). The molecule has 1 aliphatic rings. The fourth-order valence-corrected chi connectivity index (χ4v) is 2.03. The Labute approximate surface area is 114 Å². The second kappa shape index (κ2) is 5.05. The van der Waals surface area contributed by atoms with E-state index in [9.17, 15) is 4.79 Å². The Morgan fingerprint density at radius 2 is 1.89 bits per heavy atom. The number of amides is 1. The molecule has 1 N–H and O–H groups in total. The van der Waals surface area contributed by atoms with Crippen molar-refractivity contribution >= 4 is 5.91 Å². The molecule has 3 heteroatoms. The number of nitrogens with zero attached hydrogens (tertiary/aromatic N) is 1. The normalized spacial score (nSPS) is 16.5. The molecule has 100 valence electrons. The molecule has 1 atom stereocenters. The number of carbonyl (C=O) groups is 1. The van der Waals surface area contributed by atoms with Crippen molar-refractivity contribution in [1.29, 1.82) is 5.26 Å². The van der Waals surface area contributed by atoms with Gasteiger partial charge >= 0.3 is 0 Å². The Bertz CT molecular complexity index is 501. The average molecular weight is 256 g/mol. The molecule has 0 saturated heterocycles. The third-order valence-corrected chi connectivity index (χ3v) is 3.53. The summed E-state index contributed by atoms with van der Waals surface area (Å²) in [7, 11) is 0. The number of rotatable bonds is 3. The zero-order valence-electron chi connectivity index (χ0n) is 11.7. The van der Waals surface area contributed by atoms with Crippen LogP contribution in [0.1, 0.15) is 49.5 Å². The van der Waals surface area contributed by atoms with Crippen molar-refractivity contribution in [3.05, 3.63) is 35.4 Å². The summed E-state index contributed by atoms with van der Waals surface area (Å²) >= 11 is 0. The molecule has 1 aliphatic carbocycles. The monoisotopic (exact) mass is 256 g/mol. The number of nitrogens with one attached hydrogen (secondary N) is 1. The van der Waals surface area contributed by atoms with Crippen molar-refractivity contribution in [1.82, 2.24) is 5.32 Å². The maximum Gasteiger partial charge on any atom is 0.252 e. The molecule has 0 heterocycles. The Morgan fingerprint density at radius 1 is 1.32 bits per heavy atom. The first-order chi connectivity index (χ1) is 8.91. The first-order valence-electron chi connectivity index (χ1n) is 6.73. The molecule has 0 radical (unpaired) electrons. The molecule has 0 spiro atoms. The first-order valence-corrected chi connectivity index (χ1v) is 6.73. The summed E-state index contributed by atoms with van der Waals surface area (Å²) in [6, 6.07) is 9.45. The molecule has 0 aromatic heterocycles. The van der Waals surface area contributed by atoms with Gasteiger partial charge in [-0.1, -0.05) is 32.9 Å². The Morgan fingerprint density at radius 3 is 2.32 bits per heavy atom. The maximum atomic E-state index is 12.0. The van der Waals surface area contributed by atoms with Crippen molar-refractivity contribution in [2.75, 3.05) is 0 Å². The quantitative estimate of drug-likeness (QED) is 0.903. The van der Waals surface area contributed by atoms with E-state index < -0.39 is 0 Å². The third kappa shape index (κ3) is 3.35. The van der Waals surface area contributed by atoms with Crippen molar-refractivity contribution in [3.8, 4) is 6.07 Å². The lowest BCUT2D eigenvalue weighted by atomic mass is 9.86. The van der Waals surface area contributed by atoms with E-state index in [4.69, 9.17) is 5.26 Å². The summed E-state index contributed by atoms with van der Waals surface area (Å²) in [5.74, 6) is 0.196. The number of carbonyl (C=O) groups excluding carboxylic acids is 1. The highest BCUT2D eigenvalue weighted by molar-refractivity contribution is 5.94. The zero-order valence-corrected chi connectivity index (χ0v) is 11.7. The molecule has 1 aromatic carbocycles. The van der Waals surface area contributed by atoms with Crippen LogP contribution in [0, 0.1) is 17.2 Å². The third-order valence-electron chi connectivity index (χ3n) is 3.53. The lowest BCUT2D eigenvalue weighted by Crippen LogP contribution is -2.35. The predicted molar refractivity (Wildman–Crippen MR) is 74.7 cm³/mol. The topological polar surface area (TPSA) is 52.9 Å². The number of hydrogen-bond acceptors (Lipinski definition) is 2. The number of hydrogen-bond donors (Lipinski definition) is 1. The second-order valence-corrected chi connectivity index (χ2v) is 6.25. The van der Waals surface area contributed by atoms with Gasteiger partial charge in [-0.25, -0.2) is 0 Å². The average Bonchev–Trinajstić information content (AvgIpc) is 3.19. The van der Waals surface area contributed by atoms with Crippen molar-refractivity contribution < 1.29 is 4.79 Å². The van der Waals surface area contributed by atoms with E-state index in [0.717, 1.165) is 12.8 Å². The van der Waals surface area contributed by atoms with Gasteiger partial charge in [0.1, 0.15) is 6.04 Å². The molecule has 1 amide bonds. The molecule has 1 unspecified atom stereocenters. The van der Waals surface area contributed by atoms with Crippen LogP contribution in [0.25, 0.3) is 0 Å². The summed E-state index contributed by atoms with van der Waals surface area (Å²) in [4.78, 5) is 12.0. The summed E-state index contributed by atoms with van der Waals surface area (Å²) in [5.41, 5.74) is 1.90. The van der Waals surface area contributed by atoms with E-state index in [1.807, 2.05) is 24.3 Å². The number of benzene rings is 1. The van der Waals surface area contributed by atoms with E-state index >= 15 is 0 Å². The van der Waals surface area contributed by atoms with Gasteiger partial charge in [0.2, 0.25) is 0 Å². The van der Waals surface area contributed by atoms with Crippen LogP contribution in [-0.4, -0.2) is 11.9 Å². The highest BCUT2D eigenvalue weighted by atomic mass is 16.1. The van der Waals surface area contributed by atoms with Gasteiger partial charge in [-0.2, -0.15) is 5.26 Å². The molecule has 0 aliphatic heterocycles. The van der Waals surface area contributed by atoms with Crippen LogP contribution in [0.15, 0.2) is 24.3 Å². The minimum absolute atomic E-state index is 0.0816. The highest BCUT2D eigenvalue weighted by Gasteiger charge is 2.32. The van der Waals surface area contributed by atoms with E-state index in [0.29, 0.717) is 11.5 Å². The molecular weight excluding hydrogens is 236 g/mol. The van der Waals surface area contributed by atoms with Crippen LogP contribution < -0.4 is 5.32 Å². The fraction of sp³-hybridized carbons (Fsp3) is 0.500. The Kier molecular flexibility index (Phi) is 3.61. The fourth-order valence-electron chi connectivity index (χ4n) is 2.03. The van der Waals surface area contributed by atoms with Gasteiger partial charge in [-0.15, -0.1) is 0 Å². The van der Waals surface area contributed by atoms with Gasteiger partial charge in [0.05, 0.1) is 6.07 Å². The molecule has 0 bridgehead atoms. The van der Waals surface area contributed by atoms with Crippen LogP contribution in [0.4, 0.5) is 0 Å². The van der Waals surface area contributed by atoms with Crippen molar-refractivity contribution in [3.63, 3.8) is 0 Å². The van der Waals surface area contributed by atoms with Crippen LogP contribution in [-0.2, 0) is 5.41 Å². The minimum Gasteiger partial charge on any atom is -0.336 e. The van der Waals surface area contributed by atoms with Crippen LogP contribution >= 0.6 is 0 Å². The van der Waals surface area contributed by atoms with E-state index in [1.165, 1.54) is 5.56 Å². The minimum atomic E-state index is -0.338. The zero-order chi connectivity index (χ0) is 14.0. The van der Waals surface area contributed by atoms with Gasteiger partial charge in [0.25, 0.3) is 5.91 Å². The summed E-state index contributed by atoms with van der Waals surface area (Å²) in [5, 5.41) is 11.8. The van der Waals surface area contributed by atoms with Gasteiger partial charge in [0, 0.05) is 5.56 Å². The molecular formula is C16H20N2O. The van der Waals surface area contributed by atoms with Gasteiger partial charge in [-0.3, -0.25) is 4.79 Å². The predicted octanol–water partition coefficient (Wildman–Crippen LogP) is 3.02. The number of nitriles is 1. The van der Waals surface area contributed by atoms with Gasteiger partial charge in [0.15, 0.2) is 0 Å². The van der Waals surface area contributed by atoms with Crippen LogP contribution in [0.3, 0.4) is 0 Å². The molecule has 1 saturated carbocycles. The lowest BCUT2D eigenvalue weighted by molar-refractivity contribution is 0.0942. The Hall–Kier alpha value is -1.82. The lowest BCUT2D eigenvalue weighted by Gasteiger charge is -2.19. The Balaban J connectivity index is 2.05. The van der Waals surface area contributed by atoms with Gasteiger partial charge < -0.3 is 5.32 Å². The smallest absolute Gasteiger partial charge is 0.252 e. The van der Waals surface area contributed by atoms with Crippen LogP contribution in [0.5, 0.6) is 0 Å². The summed E-state index contributed by atoms with van der Waals surface area (Å²) < 4.78 is 0. The largest absolute Gasteiger partial charge is 0.336 e. The van der Waals surface area contributed by atoms with E-state index in [2.05, 4.69) is 32.2 Å². The summed E-state index contributed by atoms with van der Waals surface area (Å²) in [6.07, 6.45) is 2.09. The van der Waals surface area contributed by atoms with Gasteiger partial charge in [-0.05, 0) is 41.9 Å². The second-order valence-electron chi connectivity index (χ2n) is 6.25. The van der Waals surface area contributed by atoms with E-state index in [1.54, 1.807) is 0 Å². The molecule has 3 nitrogen and oxygen atoms in total. The molecule has 1 aromatic rings. The summed E-state index contributed by atoms with van der Waals surface area (Å²) in [6.45, 7) is 6.42. The SMILES string of the molecule is CC(C)(C)c1ccc(C(=O)NC(C#N)C2CC2)cc1. The van der Waals surface area contributed by atoms with E-state index in [-0.39, 0.29) is 17.4 Å². The first kappa shape index (κ1) is 13.6. The standard InChI is InChI=1S/C16H20N2O/c1-16(2,3)13-8-6-12(7-9-13)15(19)18-14(10-17)11-4-5-11/h6-9,11,14H,4-5H2,1-3H3,(H,18,19). The van der Waals surface area contributed by atoms with Crippen molar-refractivity contribution in [2.24, 2.45) is 5.92 Å². The van der Waals surface area contributed by atoms with Crippen molar-refractivity contribution in [2.45, 2.75) is 45.1 Å². The highest BCUT2D eigenvalue weighted by Crippen LogP contribution is 2.32. The molecule has 19 heavy (non-hydrogen) atoms. The maximum absolute atomic E-state index is 12.0. The molecule has 1 fully saturated rings. The van der Waals surface area contributed by atoms with Crippen LogP contribution in [0.2, 0.25) is 0 Å².